The monoisotopic (exact) mass is 327 g/mol. The highest BCUT2D eigenvalue weighted by molar-refractivity contribution is 9.10. The van der Waals surface area contributed by atoms with E-state index in [1.54, 1.807) is 18.2 Å². The van der Waals surface area contributed by atoms with E-state index < -0.39 is 5.97 Å². The Morgan fingerprint density at radius 2 is 2.26 bits per heavy atom. The van der Waals surface area contributed by atoms with Crippen molar-refractivity contribution in [3.05, 3.63) is 52.1 Å². The van der Waals surface area contributed by atoms with Crippen molar-refractivity contribution < 1.29 is 18.3 Å². The van der Waals surface area contributed by atoms with Gasteiger partial charge >= 0.3 is 5.97 Å². The van der Waals surface area contributed by atoms with E-state index in [9.17, 15) is 9.18 Å². The summed E-state index contributed by atoms with van der Waals surface area (Å²) in [5, 5.41) is 2.89. The summed E-state index contributed by atoms with van der Waals surface area (Å²) in [6.07, 6.45) is 1.31. The predicted octanol–water partition coefficient (Wildman–Crippen LogP) is 3.58. The fourth-order valence-electron chi connectivity index (χ4n) is 1.51. The Bertz CT molecular complexity index is 597. The molecule has 0 amide bonds. The highest BCUT2D eigenvalue weighted by atomic mass is 79.9. The number of carbonyl (C=O) groups is 1. The number of rotatable bonds is 4. The van der Waals surface area contributed by atoms with Gasteiger partial charge in [0.05, 0.1) is 24.9 Å². The zero-order valence-electron chi connectivity index (χ0n) is 10.1. The van der Waals surface area contributed by atoms with Crippen LogP contribution >= 0.6 is 15.9 Å². The molecule has 0 saturated heterocycles. The van der Waals surface area contributed by atoms with Crippen LogP contribution in [0.2, 0.25) is 0 Å². The van der Waals surface area contributed by atoms with Crippen LogP contribution < -0.4 is 5.32 Å². The van der Waals surface area contributed by atoms with Crippen molar-refractivity contribution in [3.63, 3.8) is 0 Å². The van der Waals surface area contributed by atoms with Gasteiger partial charge in [-0.15, -0.1) is 0 Å². The quantitative estimate of drug-likeness (QED) is 0.872. The number of benzene rings is 1. The van der Waals surface area contributed by atoms with Crippen LogP contribution in [0.1, 0.15) is 16.1 Å². The molecule has 0 aliphatic carbocycles. The Morgan fingerprint density at radius 1 is 1.47 bits per heavy atom. The van der Waals surface area contributed by atoms with Gasteiger partial charge in [-0.25, -0.2) is 9.18 Å². The summed E-state index contributed by atoms with van der Waals surface area (Å²) in [5.74, 6) is -0.318. The first kappa shape index (κ1) is 13.6. The molecule has 0 fully saturated rings. The molecule has 0 radical (unpaired) electrons. The number of hydrogen-bond acceptors (Lipinski definition) is 4. The third-order valence-corrected chi connectivity index (χ3v) is 2.95. The second-order valence-electron chi connectivity index (χ2n) is 3.77. The normalized spacial score (nSPS) is 10.3. The van der Waals surface area contributed by atoms with Gasteiger partial charge in [-0.3, -0.25) is 0 Å². The zero-order valence-corrected chi connectivity index (χ0v) is 11.7. The molecule has 2 aromatic rings. The van der Waals surface area contributed by atoms with Crippen LogP contribution in [-0.2, 0) is 11.3 Å². The van der Waals surface area contributed by atoms with Gasteiger partial charge in [-0.2, -0.15) is 0 Å². The van der Waals surface area contributed by atoms with Crippen LogP contribution in [0, 0.1) is 5.82 Å². The summed E-state index contributed by atoms with van der Waals surface area (Å²) in [6.45, 7) is 0.273. The van der Waals surface area contributed by atoms with Crippen LogP contribution in [0.15, 0.2) is 39.4 Å². The summed E-state index contributed by atoms with van der Waals surface area (Å²) in [5.41, 5.74) is 0.690. The Kier molecular flexibility index (Phi) is 4.21. The third kappa shape index (κ3) is 3.35. The summed E-state index contributed by atoms with van der Waals surface area (Å²) >= 11 is 3.18. The van der Waals surface area contributed by atoms with Gasteiger partial charge in [-0.1, -0.05) is 15.9 Å². The lowest BCUT2D eigenvalue weighted by molar-refractivity contribution is 0.0600. The lowest BCUT2D eigenvalue weighted by Gasteiger charge is -2.05. The molecule has 1 N–H and O–H groups in total. The van der Waals surface area contributed by atoms with Crippen molar-refractivity contribution in [3.8, 4) is 0 Å². The number of carbonyl (C=O) groups excluding carboxylic acids is 1. The van der Waals surface area contributed by atoms with Crippen molar-refractivity contribution in [2.75, 3.05) is 12.4 Å². The number of furan rings is 1. The van der Waals surface area contributed by atoms with Gasteiger partial charge in [0.2, 0.25) is 0 Å². The van der Waals surface area contributed by atoms with E-state index in [1.807, 2.05) is 0 Å². The first-order chi connectivity index (χ1) is 9.10. The maximum absolute atomic E-state index is 13.5. The summed E-state index contributed by atoms with van der Waals surface area (Å²) < 4.78 is 24.0. The standard InChI is InChI=1S/C13H11BrFNO3/c1-18-13(17)8-4-10(19-7-8)6-16-12-3-2-9(14)5-11(12)15/h2-5,7,16H,6H2,1H3. The minimum atomic E-state index is -0.468. The fourth-order valence-corrected chi connectivity index (χ4v) is 1.85. The highest BCUT2D eigenvalue weighted by Gasteiger charge is 2.10. The van der Waals surface area contributed by atoms with Gasteiger partial charge in [-0.05, 0) is 24.3 Å². The number of hydrogen-bond donors (Lipinski definition) is 1. The second kappa shape index (κ2) is 5.88. The van der Waals surface area contributed by atoms with Crippen molar-refractivity contribution in [2.24, 2.45) is 0 Å². The summed E-state index contributed by atoms with van der Waals surface area (Å²) in [4.78, 5) is 11.2. The number of nitrogens with one attached hydrogen (secondary N) is 1. The highest BCUT2D eigenvalue weighted by Crippen LogP contribution is 2.20. The van der Waals surface area contributed by atoms with Gasteiger partial charge in [0.15, 0.2) is 0 Å². The van der Waals surface area contributed by atoms with Crippen molar-refractivity contribution in [2.45, 2.75) is 6.54 Å². The van der Waals surface area contributed by atoms with Gasteiger partial charge < -0.3 is 14.5 Å². The van der Waals surface area contributed by atoms with Crippen LogP contribution in [0.25, 0.3) is 0 Å². The number of anilines is 1. The van der Waals surface area contributed by atoms with E-state index in [4.69, 9.17) is 4.42 Å². The van der Waals surface area contributed by atoms with Gasteiger partial charge in [0, 0.05) is 4.47 Å². The minimum absolute atomic E-state index is 0.273. The summed E-state index contributed by atoms with van der Waals surface area (Å²) in [6, 6.07) is 6.26. The lowest BCUT2D eigenvalue weighted by atomic mass is 10.3. The van der Waals surface area contributed by atoms with Gasteiger partial charge in [0.25, 0.3) is 0 Å². The van der Waals surface area contributed by atoms with Crippen molar-refractivity contribution >= 4 is 27.6 Å². The molecule has 0 aliphatic heterocycles. The molecule has 0 atom stereocenters. The summed E-state index contributed by atoms with van der Waals surface area (Å²) in [7, 11) is 1.30. The average molecular weight is 328 g/mol. The molecule has 19 heavy (non-hydrogen) atoms. The van der Waals surface area contributed by atoms with Crippen LogP contribution in [0.5, 0.6) is 0 Å². The first-order valence-corrected chi connectivity index (χ1v) is 6.24. The van der Waals surface area contributed by atoms with E-state index >= 15 is 0 Å². The molecular formula is C13H11BrFNO3. The average Bonchev–Trinajstić information content (AvgIpc) is 2.85. The third-order valence-electron chi connectivity index (χ3n) is 2.46. The molecule has 2 rings (SSSR count). The number of halogens is 2. The van der Waals surface area contributed by atoms with E-state index in [-0.39, 0.29) is 12.4 Å². The fraction of sp³-hybridized carbons (Fsp3) is 0.154. The Hall–Kier alpha value is -1.82. The molecule has 1 heterocycles. The molecule has 1 aromatic carbocycles. The molecule has 0 unspecified atom stereocenters. The van der Waals surface area contributed by atoms with E-state index in [0.29, 0.717) is 21.5 Å². The van der Waals surface area contributed by atoms with E-state index in [0.717, 1.165) is 0 Å². The molecule has 0 saturated carbocycles. The molecule has 4 nitrogen and oxygen atoms in total. The minimum Gasteiger partial charge on any atom is -0.467 e. The number of methoxy groups -OCH3 is 1. The maximum atomic E-state index is 13.5. The topological polar surface area (TPSA) is 51.5 Å². The number of ether oxygens (including phenoxy) is 1. The van der Waals surface area contributed by atoms with Crippen molar-refractivity contribution in [1.29, 1.82) is 0 Å². The lowest BCUT2D eigenvalue weighted by Crippen LogP contribution is -2.01. The Labute approximate surface area is 117 Å². The predicted molar refractivity (Wildman–Crippen MR) is 71.5 cm³/mol. The van der Waals surface area contributed by atoms with Crippen molar-refractivity contribution in [1.82, 2.24) is 0 Å². The maximum Gasteiger partial charge on any atom is 0.341 e. The van der Waals surface area contributed by atoms with Crippen LogP contribution in [0.3, 0.4) is 0 Å². The SMILES string of the molecule is COC(=O)c1coc(CNc2ccc(Br)cc2F)c1. The van der Waals surface area contributed by atoms with Crippen LogP contribution in [-0.4, -0.2) is 13.1 Å². The van der Waals surface area contributed by atoms with E-state index in [2.05, 4.69) is 26.0 Å². The van der Waals surface area contributed by atoms with E-state index in [1.165, 1.54) is 19.4 Å². The zero-order chi connectivity index (χ0) is 13.8. The molecule has 0 aliphatic rings. The smallest absolute Gasteiger partial charge is 0.341 e. The van der Waals surface area contributed by atoms with Gasteiger partial charge in [0.1, 0.15) is 17.8 Å². The Morgan fingerprint density at radius 3 is 2.95 bits per heavy atom. The molecule has 0 bridgehead atoms. The molecule has 6 heteroatoms. The molecular weight excluding hydrogens is 317 g/mol. The first-order valence-electron chi connectivity index (χ1n) is 5.45. The molecule has 1 aromatic heterocycles. The number of esters is 1. The van der Waals surface area contributed by atoms with Crippen LogP contribution in [0.4, 0.5) is 10.1 Å². The largest absolute Gasteiger partial charge is 0.467 e. The molecule has 0 spiro atoms. The second-order valence-corrected chi connectivity index (χ2v) is 4.69. The molecule has 100 valence electrons. The Balaban J connectivity index is 2.02.